The minimum absolute atomic E-state index is 0. The van der Waals surface area contributed by atoms with Crippen molar-refractivity contribution in [2.75, 3.05) is 13.2 Å². The van der Waals surface area contributed by atoms with Crippen molar-refractivity contribution in [2.24, 2.45) is 11.7 Å². The van der Waals surface area contributed by atoms with Crippen LogP contribution >= 0.6 is 12.4 Å². The van der Waals surface area contributed by atoms with E-state index in [1.54, 1.807) is 6.07 Å². The van der Waals surface area contributed by atoms with E-state index in [2.05, 4.69) is 6.07 Å². The Bertz CT molecular complexity index is 397. The average molecular weight is 253 g/mol. The number of rotatable bonds is 2. The Morgan fingerprint density at radius 2 is 2.06 bits per heavy atom. The van der Waals surface area contributed by atoms with Gasteiger partial charge in [0.1, 0.15) is 0 Å². The zero-order valence-electron chi connectivity index (χ0n) is 9.63. The molecule has 0 amide bonds. The summed E-state index contributed by atoms with van der Waals surface area (Å²) < 4.78 is 5.32. The van der Waals surface area contributed by atoms with Gasteiger partial charge < -0.3 is 10.5 Å². The van der Waals surface area contributed by atoms with Crippen LogP contribution in [0.15, 0.2) is 24.3 Å². The maximum Gasteiger partial charge on any atom is 0.0991 e. The lowest BCUT2D eigenvalue weighted by atomic mass is 9.87. The third-order valence-electron chi connectivity index (χ3n) is 3.17. The smallest absolute Gasteiger partial charge is 0.0991 e. The van der Waals surface area contributed by atoms with Gasteiger partial charge in [0.15, 0.2) is 0 Å². The van der Waals surface area contributed by atoms with Crippen molar-refractivity contribution in [1.82, 2.24) is 0 Å². The van der Waals surface area contributed by atoms with Crippen molar-refractivity contribution in [3.05, 3.63) is 35.4 Å². The molecule has 0 saturated carbocycles. The molecule has 4 heteroatoms. The topological polar surface area (TPSA) is 59.0 Å². The summed E-state index contributed by atoms with van der Waals surface area (Å²) in [6.07, 6.45) is 2.02. The average Bonchev–Trinajstić information content (AvgIpc) is 2.39. The molecule has 1 aromatic rings. The minimum Gasteiger partial charge on any atom is -0.381 e. The van der Waals surface area contributed by atoms with Gasteiger partial charge in [-0.05, 0) is 36.5 Å². The van der Waals surface area contributed by atoms with Crippen LogP contribution in [0.5, 0.6) is 0 Å². The van der Waals surface area contributed by atoms with Crippen molar-refractivity contribution in [1.29, 1.82) is 5.26 Å². The Kier molecular flexibility index (Phi) is 5.43. The lowest BCUT2D eigenvalue weighted by molar-refractivity contribution is 0.0584. The van der Waals surface area contributed by atoms with Crippen molar-refractivity contribution < 1.29 is 4.74 Å². The molecule has 17 heavy (non-hydrogen) atoms. The molecule has 0 unspecified atom stereocenters. The molecule has 2 N–H and O–H groups in total. The summed E-state index contributed by atoms with van der Waals surface area (Å²) in [6, 6.07) is 9.76. The van der Waals surface area contributed by atoms with Crippen LogP contribution in [0.1, 0.15) is 30.0 Å². The Labute approximate surface area is 108 Å². The van der Waals surface area contributed by atoms with E-state index in [0.717, 1.165) is 31.6 Å². The first kappa shape index (κ1) is 14.0. The van der Waals surface area contributed by atoms with Crippen molar-refractivity contribution >= 4 is 12.4 Å². The first-order chi connectivity index (χ1) is 7.81. The largest absolute Gasteiger partial charge is 0.381 e. The molecule has 92 valence electrons. The summed E-state index contributed by atoms with van der Waals surface area (Å²) in [6.45, 7) is 1.60. The van der Waals surface area contributed by atoms with Crippen LogP contribution in [0.25, 0.3) is 0 Å². The summed E-state index contributed by atoms with van der Waals surface area (Å²) in [5.74, 6) is 0.475. The fourth-order valence-corrected chi connectivity index (χ4v) is 2.16. The van der Waals surface area contributed by atoms with Crippen molar-refractivity contribution in [3.8, 4) is 6.07 Å². The molecular weight excluding hydrogens is 236 g/mol. The zero-order chi connectivity index (χ0) is 11.4. The molecule has 1 aliphatic heterocycles. The molecule has 0 aliphatic carbocycles. The van der Waals surface area contributed by atoms with Crippen LogP contribution in [0.3, 0.4) is 0 Å². The maximum atomic E-state index is 8.84. The van der Waals surface area contributed by atoms with E-state index in [9.17, 15) is 0 Å². The van der Waals surface area contributed by atoms with Gasteiger partial charge in [0.25, 0.3) is 0 Å². The lowest BCUT2D eigenvalue weighted by Crippen LogP contribution is -2.27. The van der Waals surface area contributed by atoms with E-state index in [0.29, 0.717) is 11.5 Å². The van der Waals surface area contributed by atoms with Gasteiger partial charge in [-0.3, -0.25) is 0 Å². The number of nitriles is 1. The van der Waals surface area contributed by atoms with Gasteiger partial charge in [0.05, 0.1) is 11.6 Å². The zero-order valence-corrected chi connectivity index (χ0v) is 10.5. The lowest BCUT2D eigenvalue weighted by Gasteiger charge is -2.27. The van der Waals surface area contributed by atoms with Crippen LogP contribution in [0.4, 0.5) is 0 Å². The number of benzene rings is 1. The predicted molar refractivity (Wildman–Crippen MR) is 68.9 cm³/mol. The summed E-state index contributed by atoms with van der Waals surface area (Å²) >= 11 is 0. The van der Waals surface area contributed by atoms with Crippen LogP contribution in [0.2, 0.25) is 0 Å². The van der Waals surface area contributed by atoms with Crippen LogP contribution < -0.4 is 5.73 Å². The monoisotopic (exact) mass is 252 g/mol. The molecule has 0 aromatic heterocycles. The van der Waals surface area contributed by atoms with Crippen LogP contribution in [-0.2, 0) is 4.74 Å². The molecule has 0 spiro atoms. The predicted octanol–water partition coefficient (Wildman–Crippen LogP) is 2.41. The SMILES string of the molecule is Cl.N#Cc1cccc([C@@H](N)C2CCOCC2)c1. The quantitative estimate of drug-likeness (QED) is 0.879. The molecule has 3 nitrogen and oxygen atoms in total. The molecule has 1 atom stereocenters. The second-order valence-corrected chi connectivity index (χ2v) is 4.21. The van der Waals surface area contributed by atoms with Crippen LogP contribution in [-0.4, -0.2) is 13.2 Å². The minimum atomic E-state index is 0. The van der Waals surface area contributed by atoms with Crippen molar-refractivity contribution in [3.63, 3.8) is 0 Å². The highest BCUT2D eigenvalue weighted by atomic mass is 35.5. The van der Waals surface area contributed by atoms with E-state index in [1.165, 1.54) is 0 Å². The Hall–Kier alpha value is -1.08. The van der Waals surface area contributed by atoms with Gasteiger partial charge in [-0.1, -0.05) is 12.1 Å². The highest BCUT2D eigenvalue weighted by Crippen LogP contribution is 2.28. The van der Waals surface area contributed by atoms with Crippen LogP contribution in [0, 0.1) is 17.2 Å². The second-order valence-electron chi connectivity index (χ2n) is 4.21. The molecule has 1 aromatic carbocycles. The maximum absolute atomic E-state index is 8.84. The molecule has 1 saturated heterocycles. The summed E-state index contributed by atoms with van der Waals surface area (Å²) in [5.41, 5.74) is 7.97. The highest BCUT2D eigenvalue weighted by Gasteiger charge is 2.22. The molecule has 1 fully saturated rings. The van der Waals surface area contributed by atoms with E-state index in [4.69, 9.17) is 15.7 Å². The van der Waals surface area contributed by atoms with Gasteiger partial charge in [-0.25, -0.2) is 0 Å². The van der Waals surface area contributed by atoms with Crippen molar-refractivity contribution in [2.45, 2.75) is 18.9 Å². The van der Waals surface area contributed by atoms with E-state index in [1.807, 2.05) is 18.2 Å². The molecule has 0 bridgehead atoms. The van der Waals surface area contributed by atoms with E-state index >= 15 is 0 Å². The molecule has 1 heterocycles. The highest BCUT2D eigenvalue weighted by molar-refractivity contribution is 5.85. The number of nitrogens with two attached hydrogens (primary N) is 1. The number of nitrogens with zero attached hydrogens (tertiary/aromatic N) is 1. The first-order valence-corrected chi connectivity index (χ1v) is 5.64. The van der Waals surface area contributed by atoms with Gasteiger partial charge in [-0.15, -0.1) is 12.4 Å². The van der Waals surface area contributed by atoms with E-state index in [-0.39, 0.29) is 18.4 Å². The number of hydrogen-bond donors (Lipinski definition) is 1. The number of hydrogen-bond acceptors (Lipinski definition) is 3. The standard InChI is InChI=1S/C13H16N2O.ClH/c14-9-10-2-1-3-12(8-10)13(15)11-4-6-16-7-5-11;/h1-3,8,11,13H,4-7,15H2;1H/t13-;/m0./s1. The Morgan fingerprint density at radius 3 is 2.71 bits per heavy atom. The molecule has 0 radical (unpaired) electrons. The third-order valence-corrected chi connectivity index (χ3v) is 3.17. The summed E-state index contributed by atoms with van der Waals surface area (Å²) in [4.78, 5) is 0. The second kappa shape index (κ2) is 6.61. The first-order valence-electron chi connectivity index (χ1n) is 5.64. The normalized spacial score (nSPS) is 17.9. The molecular formula is C13H17ClN2O. The Morgan fingerprint density at radius 1 is 1.35 bits per heavy atom. The number of halogens is 1. The summed E-state index contributed by atoms with van der Waals surface area (Å²) in [5, 5.41) is 8.84. The van der Waals surface area contributed by atoms with Gasteiger partial charge >= 0.3 is 0 Å². The molecule has 1 aliphatic rings. The Balaban J connectivity index is 0.00000144. The fourth-order valence-electron chi connectivity index (χ4n) is 2.16. The fraction of sp³-hybridized carbons (Fsp3) is 0.462. The number of ether oxygens (including phenoxy) is 1. The van der Waals surface area contributed by atoms with Gasteiger partial charge in [-0.2, -0.15) is 5.26 Å². The third kappa shape index (κ3) is 3.44. The van der Waals surface area contributed by atoms with Gasteiger partial charge in [0, 0.05) is 19.3 Å². The molecule has 2 rings (SSSR count). The van der Waals surface area contributed by atoms with E-state index < -0.39 is 0 Å². The van der Waals surface area contributed by atoms with Gasteiger partial charge in [0.2, 0.25) is 0 Å². The summed E-state index contributed by atoms with van der Waals surface area (Å²) in [7, 11) is 0.